The topological polar surface area (TPSA) is 29.5 Å². The van der Waals surface area contributed by atoms with E-state index in [1.54, 1.807) is 0 Å². The number of hydrogen-bond acceptors (Lipinski definition) is 2. The summed E-state index contributed by atoms with van der Waals surface area (Å²) in [5.74, 6) is 1.36. The number of aliphatic hydroxyl groups is 1. The maximum Gasteiger partial charge on any atom is 0.157 e. The molecule has 0 aromatic carbocycles. The van der Waals surface area contributed by atoms with E-state index in [9.17, 15) is 5.11 Å². The largest absolute Gasteiger partial charge is 0.368 e. The minimum Gasteiger partial charge on any atom is -0.368 e. The molecule has 1 saturated heterocycles. The highest BCUT2D eigenvalue weighted by atomic mass is 16.6. The van der Waals surface area contributed by atoms with Gasteiger partial charge in [0.15, 0.2) is 6.29 Å². The molecule has 0 aromatic heterocycles. The van der Waals surface area contributed by atoms with Crippen LogP contribution in [0.5, 0.6) is 0 Å². The second-order valence-electron chi connectivity index (χ2n) is 4.43. The van der Waals surface area contributed by atoms with E-state index in [1.165, 1.54) is 0 Å². The molecule has 0 saturated carbocycles. The average molecular weight is 172 g/mol. The molecule has 0 spiro atoms. The van der Waals surface area contributed by atoms with Crippen LogP contribution >= 0.6 is 0 Å². The molecule has 1 N–H and O–H groups in total. The van der Waals surface area contributed by atoms with Crippen molar-refractivity contribution in [3.05, 3.63) is 0 Å². The Bertz CT molecular complexity index is 145. The summed E-state index contributed by atoms with van der Waals surface area (Å²) in [4.78, 5) is 0. The van der Waals surface area contributed by atoms with Gasteiger partial charge in [-0.05, 0) is 18.3 Å². The van der Waals surface area contributed by atoms with E-state index in [4.69, 9.17) is 4.74 Å². The summed E-state index contributed by atoms with van der Waals surface area (Å²) in [6, 6.07) is 0. The van der Waals surface area contributed by atoms with Crippen LogP contribution in [0, 0.1) is 17.8 Å². The zero-order valence-corrected chi connectivity index (χ0v) is 8.45. The Morgan fingerprint density at radius 3 is 2.33 bits per heavy atom. The minimum absolute atomic E-state index is 0.233. The minimum atomic E-state index is -0.548. The molecule has 0 aliphatic carbocycles. The number of rotatable bonds is 1. The van der Waals surface area contributed by atoms with Gasteiger partial charge in [0.2, 0.25) is 0 Å². The smallest absolute Gasteiger partial charge is 0.157 e. The van der Waals surface area contributed by atoms with Crippen molar-refractivity contribution in [2.45, 2.75) is 46.5 Å². The van der Waals surface area contributed by atoms with Crippen molar-refractivity contribution in [3.63, 3.8) is 0 Å². The zero-order chi connectivity index (χ0) is 9.30. The molecule has 1 aliphatic heterocycles. The number of hydrogen-bond donors (Lipinski definition) is 1. The van der Waals surface area contributed by atoms with Crippen LogP contribution in [-0.4, -0.2) is 17.5 Å². The molecule has 0 amide bonds. The van der Waals surface area contributed by atoms with Crippen LogP contribution in [0.25, 0.3) is 0 Å². The van der Waals surface area contributed by atoms with Crippen LogP contribution in [0.1, 0.15) is 34.1 Å². The zero-order valence-electron chi connectivity index (χ0n) is 8.45. The first kappa shape index (κ1) is 10.0. The van der Waals surface area contributed by atoms with Gasteiger partial charge in [-0.2, -0.15) is 0 Å². The van der Waals surface area contributed by atoms with Gasteiger partial charge in [-0.3, -0.25) is 0 Å². The lowest BCUT2D eigenvalue weighted by Crippen LogP contribution is -2.41. The first-order valence-corrected chi connectivity index (χ1v) is 4.86. The van der Waals surface area contributed by atoms with Gasteiger partial charge < -0.3 is 9.84 Å². The Morgan fingerprint density at radius 2 is 1.83 bits per heavy atom. The van der Waals surface area contributed by atoms with Crippen molar-refractivity contribution >= 4 is 0 Å². The molecule has 0 bridgehead atoms. The summed E-state index contributed by atoms with van der Waals surface area (Å²) in [6.07, 6.45) is 0.758. The molecule has 2 heteroatoms. The van der Waals surface area contributed by atoms with Crippen molar-refractivity contribution in [1.29, 1.82) is 0 Å². The lowest BCUT2D eigenvalue weighted by molar-refractivity contribution is -0.217. The van der Waals surface area contributed by atoms with Gasteiger partial charge in [0.05, 0.1) is 6.10 Å². The molecule has 72 valence electrons. The normalized spacial score (nSPS) is 43.5. The monoisotopic (exact) mass is 172 g/mol. The maximum atomic E-state index is 9.49. The Labute approximate surface area is 74.9 Å². The SMILES string of the molecule is CC(C)[C@H]1O[C@@H](O)[C@H](C)C[C@H]1C. The van der Waals surface area contributed by atoms with E-state index in [1.807, 2.05) is 6.92 Å². The van der Waals surface area contributed by atoms with Crippen LogP contribution in [0.4, 0.5) is 0 Å². The fourth-order valence-electron chi connectivity index (χ4n) is 2.08. The summed E-state index contributed by atoms with van der Waals surface area (Å²) in [5.41, 5.74) is 0. The molecule has 4 atom stereocenters. The van der Waals surface area contributed by atoms with Crippen molar-refractivity contribution in [1.82, 2.24) is 0 Å². The summed E-state index contributed by atoms with van der Waals surface area (Å²) in [6.45, 7) is 8.53. The maximum absolute atomic E-state index is 9.49. The summed E-state index contributed by atoms with van der Waals surface area (Å²) in [5, 5.41) is 9.49. The third kappa shape index (κ3) is 1.99. The molecule has 0 aromatic rings. The predicted octanol–water partition coefficient (Wildman–Crippen LogP) is 2.02. The van der Waals surface area contributed by atoms with E-state index in [0.29, 0.717) is 11.8 Å². The molecule has 1 aliphatic rings. The lowest BCUT2D eigenvalue weighted by atomic mass is 9.84. The molecular weight excluding hydrogens is 152 g/mol. The fourth-order valence-corrected chi connectivity index (χ4v) is 2.08. The van der Waals surface area contributed by atoms with Crippen LogP contribution in [0.15, 0.2) is 0 Å². The number of ether oxygens (including phenoxy) is 1. The molecule has 0 radical (unpaired) electrons. The third-order valence-corrected chi connectivity index (χ3v) is 2.74. The van der Waals surface area contributed by atoms with Gasteiger partial charge in [-0.15, -0.1) is 0 Å². The van der Waals surface area contributed by atoms with Crippen molar-refractivity contribution in [3.8, 4) is 0 Å². The van der Waals surface area contributed by atoms with Gasteiger partial charge in [0.1, 0.15) is 0 Å². The molecular formula is C10H20O2. The van der Waals surface area contributed by atoms with Crippen LogP contribution < -0.4 is 0 Å². The highest BCUT2D eigenvalue weighted by molar-refractivity contribution is 4.78. The highest BCUT2D eigenvalue weighted by Crippen LogP contribution is 2.31. The first-order valence-electron chi connectivity index (χ1n) is 4.86. The summed E-state index contributed by atoms with van der Waals surface area (Å²) < 4.78 is 5.53. The van der Waals surface area contributed by atoms with Crippen molar-refractivity contribution in [2.24, 2.45) is 17.8 Å². The van der Waals surface area contributed by atoms with E-state index in [0.717, 1.165) is 6.42 Å². The van der Waals surface area contributed by atoms with Gasteiger partial charge in [0.25, 0.3) is 0 Å². The predicted molar refractivity (Wildman–Crippen MR) is 48.7 cm³/mol. The van der Waals surface area contributed by atoms with Crippen LogP contribution in [0.2, 0.25) is 0 Å². The fraction of sp³-hybridized carbons (Fsp3) is 1.00. The molecule has 0 unspecified atom stereocenters. The third-order valence-electron chi connectivity index (χ3n) is 2.74. The van der Waals surface area contributed by atoms with Crippen molar-refractivity contribution < 1.29 is 9.84 Å². The number of aliphatic hydroxyl groups excluding tert-OH is 1. The Balaban J connectivity index is 2.55. The first-order chi connectivity index (χ1) is 5.52. The van der Waals surface area contributed by atoms with Gasteiger partial charge in [-0.25, -0.2) is 0 Å². The van der Waals surface area contributed by atoms with Crippen LogP contribution in [0.3, 0.4) is 0 Å². The molecule has 1 heterocycles. The molecule has 1 rings (SSSR count). The van der Waals surface area contributed by atoms with Gasteiger partial charge in [0, 0.05) is 5.92 Å². The van der Waals surface area contributed by atoms with Gasteiger partial charge >= 0.3 is 0 Å². The standard InChI is InChI=1S/C10H20O2/c1-6(2)9-7(3)5-8(4)10(11)12-9/h6-11H,5H2,1-4H3/t7-,8-,9-,10-/m1/s1. The Morgan fingerprint density at radius 1 is 1.25 bits per heavy atom. The van der Waals surface area contributed by atoms with Crippen molar-refractivity contribution in [2.75, 3.05) is 0 Å². The molecule has 12 heavy (non-hydrogen) atoms. The second kappa shape index (κ2) is 3.75. The lowest BCUT2D eigenvalue weighted by Gasteiger charge is -2.38. The van der Waals surface area contributed by atoms with E-state index in [-0.39, 0.29) is 12.0 Å². The van der Waals surface area contributed by atoms with Gasteiger partial charge in [-0.1, -0.05) is 27.7 Å². The Hall–Kier alpha value is -0.0800. The van der Waals surface area contributed by atoms with Crippen LogP contribution in [-0.2, 0) is 4.74 Å². The highest BCUT2D eigenvalue weighted by Gasteiger charge is 2.33. The molecule has 1 fully saturated rings. The average Bonchev–Trinajstić information content (AvgIpc) is 1.96. The van der Waals surface area contributed by atoms with E-state index < -0.39 is 6.29 Å². The molecule has 2 nitrogen and oxygen atoms in total. The van der Waals surface area contributed by atoms with E-state index >= 15 is 0 Å². The van der Waals surface area contributed by atoms with E-state index in [2.05, 4.69) is 20.8 Å². The summed E-state index contributed by atoms with van der Waals surface area (Å²) >= 11 is 0. The Kier molecular flexibility index (Phi) is 3.13. The quantitative estimate of drug-likeness (QED) is 0.655. The second-order valence-corrected chi connectivity index (χ2v) is 4.43. The summed E-state index contributed by atoms with van der Waals surface area (Å²) in [7, 11) is 0.